The van der Waals surface area contributed by atoms with Crippen LogP contribution in [0.15, 0.2) is 6.20 Å². The second-order valence-electron chi connectivity index (χ2n) is 2.75. The molecule has 0 amide bonds. The van der Waals surface area contributed by atoms with Gasteiger partial charge in [0.05, 0.1) is 0 Å². The summed E-state index contributed by atoms with van der Waals surface area (Å²) in [7, 11) is 0. The lowest BCUT2D eigenvalue weighted by molar-refractivity contribution is -0.276. The summed E-state index contributed by atoms with van der Waals surface area (Å²) in [6.07, 6.45) is -3.65. The van der Waals surface area contributed by atoms with E-state index < -0.39 is 18.0 Å². The van der Waals surface area contributed by atoms with E-state index in [2.05, 4.69) is 25.7 Å². The summed E-state index contributed by atoms with van der Waals surface area (Å²) in [4.78, 5) is 3.36. The van der Waals surface area contributed by atoms with E-state index in [1.54, 1.807) is 6.92 Å². The van der Waals surface area contributed by atoms with Gasteiger partial charge in [-0.1, -0.05) is 15.9 Å². The van der Waals surface area contributed by atoms with Crippen LogP contribution in [0.5, 0.6) is 11.6 Å². The molecule has 0 unspecified atom stereocenters. The van der Waals surface area contributed by atoms with E-state index in [4.69, 9.17) is 0 Å². The molecule has 1 aromatic rings. The lowest BCUT2D eigenvalue weighted by Gasteiger charge is -2.12. The number of nitrogens with zero attached hydrogens (tertiary/aromatic N) is 1. The monoisotopic (exact) mass is 285 g/mol. The van der Waals surface area contributed by atoms with Crippen molar-refractivity contribution in [3.63, 3.8) is 0 Å². The van der Waals surface area contributed by atoms with Gasteiger partial charge in [-0.15, -0.1) is 13.2 Å². The Bertz CT molecular complexity index is 368. The molecular weight excluding hydrogens is 279 g/mol. The Labute approximate surface area is 92.0 Å². The van der Waals surface area contributed by atoms with E-state index >= 15 is 0 Å². The van der Waals surface area contributed by atoms with Crippen molar-refractivity contribution in [2.75, 3.05) is 0 Å². The maximum absolute atomic E-state index is 11.9. The van der Waals surface area contributed by atoms with Crippen LogP contribution in [0.4, 0.5) is 13.2 Å². The average Bonchev–Trinajstić information content (AvgIpc) is 2.09. The van der Waals surface area contributed by atoms with Crippen LogP contribution in [0, 0.1) is 6.92 Å². The van der Waals surface area contributed by atoms with Crippen molar-refractivity contribution in [1.29, 1.82) is 0 Å². The third kappa shape index (κ3) is 2.98. The fourth-order valence-electron chi connectivity index (χ4n) is 0.963. The molecule has 0 spiro atoms. The first-order chi connectivity index (χ1) is 6.85. The summed E-state index contributed by atoms with van der Waals surface area (Å²) in [6.45, 7) is 1.63. The Morgan fingerprint density at radius 3 is 2.60 bits per heavy atom. The quantitative estimate of drug-likeness (QED) is 0.850. The van der Waals surface area contributed by atoms with Gasteiger partial charge < -0.3 is 9.84 Å². The molecule has 1 rings (SSSR count). The zero-order valence-corrected chi connectivity index (χ0v) is 9.18. The fourth-order valence-corrected chi connectivity index (χ4v) is 1.67. The third-order valence-corrected chi connectivity index (χ3v) is 2.25. The molecule has 0 saturated carbocycles. The van der Waals surface area contributed by atoms with Gasteiger partial charge in [0.25, 0.3) is 5.88 Å². The second-order valence-corrected chi connectivity index (χ2v) is 3.32. The smallest absolute Gasteiger partial charge is 0.503 e. The van der Waals surface area contributed by atoms with Gasteiger partial charge in [0.15, 0.2) is 5.75 Å². The largest absolute Gasteiger partial charge is 0.574 e. The topological polar surface area (TPSA) is 42.4 Å². The Morgan fingerprint density at radius 1 is 1.53 bits per heavy atom. The van der Waals surface area contributed by atoms with Crippen molar-refractivity contribution in [1.82, 2.24) is 4.98 Å². The van der Waals surface area contributed by atoms with Crippen LogP contribution >= 0.6 is 15.9 Å². The lowest BCUT2D eigenvalue weighted by Crippen LogP contribution is -2.18. The van der Waals surface area contributed by atoms with E-state index in [-0.39, 0.29) is 5.33 Å². The fraction of sp³-hybridized carbons (Fsp3) is 0.375. The predicted molar refractivity (Wildman–Crippen MR) is 50.0 cm³/mol. The first-order valence-electron chi connectivity index (χ1n) is 3.84. The molecule has 3 nitrogen and oxygen atoms in total. The molecule has 7 heteroatoms. The zero-order valence-electron chi connectivity index (χ0n) is 7.60. The predicted octanol–water partition coefficient (Wildman–Crippen LogP) is 2.89. The third-order valence-electron chi connectivity index (χ3n) is 1.69. The highest BCUT2D eigenvalue weighted by Gasteiger charge is 2.33. The number of hydrogen-bond donors (Lipinski definition) is 1. The summed E-state index contributed by atoms with van der Waals surface area (Å²) in [5, 5.41) is 9.64. The minimum atomic E-state index is -4.86. The number of ether oxygens (including phenoxy) is 1. The molecule has 0 radical (unpaired) electrons. The van der Waals surface area contributed by atoms with Gasteiger partial charge in [-0.2, -0.15) is 0 Å². The maximum Gasteiger partial charge on any atom is 0.574 e. The number of rotatable bonds is 2. The molecule has 1 heterocycles. The summed E-state index contributed by atoms with van der Waals surface area (Å²) in [6, 6.07) is 0. The number of aryl methyl sites for hydroxylation is 1. The van der Waals surface area contributed by atoms with Crippen molar-refractivity contribution in [3.05, 3.63) is 17.3 Å². The molecular formula is C8H7BrF3NO2. The Kier molecular flexibility index (Phi) is 3.43. The van der Waals surface area contributed by atoms with E-state index in [1.807, 2.05) is 0 Å². The number of alkyl halides is 4. The number of halogens is 4. The number of pyridine rings is 1. The molecule has 0 aliphatic rings. The highest BCUT2D eigenvalue weighted by molar-refractivity contribution is 9.08. The van der Waals surface area contributed by atoms with Gasteiger partial charge >= 0.3 is 6.36 Å². The minimum absolute atomic E-state index is 0.224. The first kappa shape index (κ1) is 12.1. The Morgan fingerprint density at radius 2 is 2.13 bits per heavy atom. The van der Waals surface area contributed by atoms with Crippen molar-refractivity contribution in [2.24, 2.45) is 0 Å². The standard InChI is InChI=1S/C8H7BrF3NO2/c1-4-3-13-7(15-8(10,11)12)6(14)5(4)2-9/h3,14H,2H2,1H3. The molecule has 0 aliphatic heterocycles. The second kappa shape index (κ2) is 4.26. The van der Waals surface area contributed by atoms with E-state index in [9.17, 15) is 18.3 Å². The molecule has 0 atom stereocenters. The maximum atomic E-state index is 11.9. The normalized spacial score (nSPS) is 11.5. The van der Waals surface area contributed by atoms with Gasteiger partial charge in [0, 0.05) is 17.1 Å². The molecule has 0 fully saturated rings. The number of aromatic nitrogens is 1. The molecule has 1 aromatic heterocycles. The van der Waals surface area contributed by atoms with Crippen LogP contribution < -0.4 is 4.74 Å². The van der Waals surface area contributed by atoms with Gasteiger partial charge in [0.2, 0.25) is 0 Å². The highest BCUT2D eigenvalue weighted by Crippen LogP contribution is 2.34. The Balaban J connectivity index is 3.11. The van der Waals surface area contributed by atoms with Crippen LogP contribution in [-0.2, 0) is 5.33 Å². The number of aromatic hydroxyl groups is 1. The average molecular weight is 286 g/mol. The summed E-state index contributed by atoms with van der Waals surface area (Å²) >= 11 is 3.05. The first-order valence-corrected chi connectivity index (χ1v) is 4.96. The summed E-state index contributed by atoms with van der Waals surface area (Å²) in [5.41, 5.74) is 0.906. The van der Waals surface area contributed by atoms with E-state index in [0.717, 1.165) is 0 Å². The Hall–Kier alpha value is -0.980. The van der Waals surface area contributed by atoms with Crippen LogP contribution in [0.25, 0.3) is 0 Å². The molecule has 0 bridgehead atoms. The molecule has 1 N–H and O–H groups in total. The van der Waals surface area contributed by atoms with Gasteiger partial charge in [-0.3, -0.25) is 0 Å². The van der Waals surface area contributed by atoms with Crippen molar-refractivity contribution >= 4 is 15.9 Å². The SMILES string of the molecule is Cc1cnc(OC(F)(F)F)c(O)c1CBr. The number of hydrogen-bond acceptors (Lipinski definition) is 3. The van der Waals surface area contributed by atoms with Crippen molar-refractivity contribution < 1.29 is 23.0 Å². The molecule has 15 heavy (non-hydrogen) atoms. The van der Waals surface area contributed by atoms with Crippen LogP contribution in [0.2, 0.25) is 0 Å². The molecule has 0 aliphatic carbocycles. The highest BCUT2D eigenvalue weighted by atomic mass is 79.9. The van der Waals surface area contributed by atoms with E-state index in [1.165, 1.54) is 6.20 Å². The van der Waals surface area contributed by atoms with Gasteiger partial charge in [0.1, 0.15) is 0 Å². The molecule has 0 aromatic carbocycles. The van der Waals surface area contributed by atoms with Gasteiger partial charge in [-0.05, 0) is 12.5 Å². The van der Waals surface area contributed by atoms with E-state index in [0.29, 0.717) is 11.1 Å². The lowest BCUT2D eigenvalue weighted by atomic mass is 10.2. The van der Waals surface area contributed by atoms with Crippen molar-refractivity contribution in [2.45, 2.75) is 18.6 Å². The summed E-state index contributed by atoms with van der Waals surface area (Å²) < 4.78 is 39.2. The molecule has 0 saturated heterocycles. The zero-order chi connectivity index (χ0) is 11.6. The summed E-state index contributed by atoms with van der Waals surface area (Å²) in [5.74, 6) is -1.42. The van der Waals surface area contributed by atoms with Crippen LogP contribution in [0.1, 0.15) is 11.1 Å². The molecule has 84 valence electrons. The van der Waals surface area contributed by atoms with Crippen molar-refractivity contribution in [3.8, 4) is 11.6 Å². The van der Waals surface area contributed by atoms with Gasteiger partial charge in [-0.25, -0.2) is 4.98 Å². The van der Waals surface area contributed by atoms with Crippen LogP contribution in [0.3, 0.4) is 0 Å². The van der Waals surface area contributed by atoms with Crippen LogP contribution in [-0.4, -0.2) is 16.5 Å². The minimum Gasteiger partial charge on any atom is -0.503 e.